The van der Waals surface area contributed by atoms with Gasteiger partial charge in [0.2, 0.25) is 0 Å². The fourth-order valence-electron chi connectivity index (χ4n) is 2.10. The number of para-hydroxylation sites is 1. The minimum Gasteiger partial charge on any atom is -0.486 e. The van der Waals surface area contributed by atoms with Crippen LogP contribution in [0.3, 0.4) is 0 Å². The standard InChI is InChI=1S/C16H20N2OS/c1-2-14-15(10-17-12-8-9-12)20-16(18-14)11-19-13-6-4-3-5-7-13/h3-7,12,17H,2,8-11H2,1H3. The van der Waals surface area contributed by atoms with Crippen LogP contribution in [0.25, 0.3) is 0 Å². The molecule has 0 bridgehead atoms. The Morgan fingerprint density at radius 2 is 2.10 bits per heavy atom. The van der Waals surface area contributed by atoms with Gasteiger partial charge in [-0.25, -0.2) is 4.98 Å². The maximum atomic E-state index is 5.77. The molecule has 0 saturated heterocycles. The summed E-state index contributed by atoms with van der Waals surface area (Å²) < 4.78 is 5.77. The second kappa shape index (κ2) is 6.37. The highest BCUT2D eigenvalue weighted by molar-refractivity contribution is 7.11. The molecule has 106 valence electrons. The summed E-state index contributed by atoms with van der Waals surface area (Å²) in [6, 6.07) is 10.7. The minimum atomic E-state index is 0.561. The maximum Gasteiger partial charge on any atom is 0.140 e. The van der Waals surface area contributed by atoms with Crippen LogP contribution in [0, 0.1) is 0 Å². The molecule has 0 spiro atoms. The zero-order valence-corrected chi connectivity index (χ0v) is 12.6. The third kappa shape index (κ3) is 3.58. The first kappa shape index (κ1) is 13.6. The lowest BCUT2D eigenvalue weighted by molar-refractivity contribution is 0.305. The highest BCUT2D eigenvalue weighted by Gasteiger charge is 2.21. The van der Waals surface area contributed by atoms with Crippen molar-refractivity contribution < 1.29 is 4.74 Å². The predicted molar refractivity (Wildman–Crippen MR) is 82.1 cm³/mol. The Kier molecular flexibility index (Phi) is 4.33. The van der Waals surface area contributed by atoms with Crippen molar-refractivity contribution in [3.05, 3.63) is 45.9 Å². The third-order valence-electron chi connectivity index (χ3n) is 3.39. The van der Waals surface area contributed by atoms with Crippen molar-refractivity contribution in [2.24, 2.45) is 0 Å². The van der Waals surface area contributed by atoms with Crippen LogP contribution in [-0.4, -0.2) is 11.0 Å². The molecule has 1 saturated carbocycles. The van der Waals surface area contributed by atoms with Crippen molar-refractivity contribution in [3.8, 4) is 5.75 Å². The number of benzene rings is 1. The molecule has 0 amide bonds. The molecule has 1 fully saturated rings. The zero-order valence-electron chi connectivity index (χ0n) is 11.8. The van der Waals surface area contributed by atoms with E-state index >= 15 is 0 Å². The maximum absolute atomic E-state index is 5.77. The van der Waals surface area contributed by atoms with E-state index < -0.39 is 0 Å². The number of hydrogen-bond acceptors (Lipinski definition) is 4. The molecular weight excluding hydrogens is 268 g/mol. The molecule has 20 heavy (non-hydrogen) atoms. The molecule has 0 atom stereocenters. The van der Waals surface area contributed by atoms with Gasteiger partial charge in [-0.2, -0.15) is 0 Å². The van der Waals surface area contributed by atoms with E-state index in [1.165, 1.54) is 23.4 Å². The van der Waals surface area contributed by atoms with E-state index in [0.29, 0.717) is 6.61 Å². The lowest BCUT2D eigenvalue weighted by Crippen LogP contribution is -2.15. The van der Waals surface area contributed by atoms with E-state index in [-0.39, 0.29) is 0 Å². The number of hydrogen-bond donors (Lipinski definition) is 1. The average molecular weight is 288 g/mol. The Hall–Kier alpha value is -1.39. The van der Waals surface area contributed by atoms with E-state index in [1.807, 2.05) is 30.3 Å². The number of nitrogens with zero attached hydrogens (tertiary/aromatic N) is 1. The van der Waals surface area contributed by atoms with Gasteiger partial charge in [-0.05, 0) is 31.4 Å². The van der Waals surface area contributed by atoms with Crippen molar-refractivity contribution in [2.75, 3.05) is 0 Å². The summed E-state index contributed by atoms with van der Waals surface area (Å²) in [4.78, 5) is 6.06. The Balaban J connectivity index is 1.60. The van der Waals surface area contributed by atoms with Gasteiger partial charge in [-0.1, -0.05) is 25.1 Å². The smallest absolute Gasteiger partial charge is 0.140 e. The molecule has 1 aromatic heterocycles. The summed E-state index contributed by atoms with van der Waals surface area (Å²) in [7, 11) is 0. The first-order chi connectivity index (χ1) is 9.85. The molecular formula is C16H20N2OS. The molecule has 1 N–H and O–H groups in total. The van der Waals surface area contributed by atoms with Crippen molar-refractivity contribution in [3.63, 3.8) is 0 Å². The normalized spacial score (nSPS) is 14.4. The van der Waals surface area contributed by atoms with Gasteiger partial charge in [0.1, 0.15) is 17.4 Å². The summed E-state index contributed by atoms with van der Waals surface area (Å²) in [6.07, 6.45) is 3.64. The minimum absolute atomic E-state index is 0.561. The topological polar surface area (TPSA) is 34.1 Å². The fraction of sp³-hybridized carbons (Fsp3) is 0.438. The molecule has 0 unspecified atom stereocenters. The van der Waals surface area contributed by atoms with Gasteiger partial charge in [0.15, 0.2) is 0 Å². The fourth-order valence-corrected chi connectivity index (χ4v) is 3.12. The second-order valence-corrected chi connectivity index (χ2v) is 6.26. The number of aromatic nitrogens is 1. The van der Waals surface area contributed by atoms with Gasteiger partial charge in [-0.15, -0.1) is 11.3 Å². The highest BCUT2D eigenvalue weighted by atomic mass is 32.1. The molecule has 3 rings (SSSR count). The summed E-state index contributed by atoms with van der Waals surface area (Å²) >= 11 is 1.77. The number of rotatable bonds is 7. The molecule has 1 aromatic carbocycles. The summed E-state index contributed by atoms with van der Waals surface area (Å²) in [5.41, 5.74) is 1.22. The summed E-state index contributed by atoms with van der Waals surface area (Å²) in [5, 5.41) is 4.63. The van der Waals surface area contributed by atoms with E-state index in [1.54, 1.807) is 11.3 Å². The predicted octanol–water partition coefficient (Wildman–Crippen LogP) is 3.54. The Bertz CT molecular complexity index is 549. The molecule has 0 aliphatic heterocycles. The van der Waals surface area contributed by atoms with Gasteiger partial charge in [0.05, 0.1) is 5.69 Å². The van der Waals surface area contributed by atoms with Gasteiger partial charge >= 0.3 is 0 Å². The number of nitrogens with one attached hydrogen (secondary N) is 1. The van der Waals surface area contributed by atoms with Gasteiger partial charge in [0.25, 0.3) is 0 Å². The largest absolute Gasteiger partial charge is 0.486 e. The zero-order chi connectivity index (χ0) is 13.8. The van der Waals surface area contributed by atoms with Crippen LogP contribution in [-0.2, 0) is 19.6 Å². The lowest BCUT2D eigenvalue weighted by atomic mass is 10.3. The van der Waals surface area contributed by atoms with Crippen molar-refractivity contribution in [1.29, 1.82) is 0 Å². The molecule has 1 aliphatic rings. The van der Waals surface area contributed by atoms with E-state index in [4.69, 9.17) is 9.72 Å². The van der Waals surface area contributed by atoms with E-state index in [9.17, 15) is 0 Å². The van der Waals surface area contributed by atoms with Crippen LogP contribution in [0.15, 0.2) is 30.3 Å². The van der Waals surface area contributed by atoms with Crippen LogP contribution < -0.4 is 10.1 Å². The van der Waals surface area contributed by atoms with Gasteiger partial charge < -0.3 is 10.1 Å². The number of aryl methyl sites for hydroxylation is 1. The van der Waals surface area contributed by atoms with Crippen molar-refractivity contribution in [2.45, 2.75) is 45.4 Å². The average Bonchev–Trinajstić information content (AvgIpc) is 3.24. The first-order valence-electron chi connectivity index (χ1n) is 7.24. The molecule has 0 radical (unpaired) electrons. The molecule has 1 heterocycles. The molecule has 1 aliphatic carbocycles. The van der Waals surface area contributed by atoms with Crippen LogP contribution in [0.2, 0.25) is 0 Å². The molecule has 2 aromatic rings. The number of thiazole rings is 1. The van der Waals surface area contributed by atoms with Crippen LogP contribution in [0.1, 0.15) is 35.3 Å². The second-order valence-electron chi connectivity index (χ2n) is 5.09. The highest BCUT2D eigenvalue weighted by Crippen LogP contribution is 2.24. The lowest BCUT2D eigenvalue weighted by Gasteiger charge is -2.02. The first-order valence-corrected chi connectivity index (χ1v) is 8.05. The Morgan fingerprint density at radius 1 is 1.30 bits per heavy atom. The quantitative estimate of drug-likeness (QED) is 0.846. The van der Waals surface area contributed by atoms with Crippen LogP contribution >= 0.6 is 11.3 Å². The number of ether oxygens (including phenoxy) is 1. The van der Waals surface area contributed by atoms with Crippen molar-refractivity contribution in [1.82, 2.24) is 10.3 Å². The summed E-state index contributed by atoms with van der Waals surface area (Å²) in [6.45, 7) is 3.68. The Labute approximate surface area is 124 Å². The van der Waals surface area contributed by atoms with E-state index in [2.05, 4.69) is 12.2 Å². The molecule has 3 nitrogen and oxygen atoms in total. The van der Waals surface area contributed by atoms with Crippen LogP contribution in [0.5, 0.6) is 5.75 Å². The SMILES string of the molecule is CCc1nc(COc2ccccc2)sc1CNC1CC1. The monoisotopic (exact) mass is 288 g/mol. The third-order valence-corrected chi connectivity index (χ3v) is 4.46. The van der Waals surface area contributed by atoms with Gasteiger partial charge in [0, 0.05) is 17.5 Å². The van der Waals surface area contributed by atoms with Crippen molar-refractivity contribution >= 4 is 11.3 Å². The molecule has 4 heteroatoms. The van der Waals surface area contributed by atoms with Gasteiger partial charge in [-0.3, -0.25) is 0 Å². The summed E-state index contributed by atoms with van der Waals surface area (Å²) in [5.74, 6) is 0.901. The van der Waals surface area contributed by atoms with E-state index in [0.717, 1.165) is 29.8 Å². The Morgan fingerprint density at radius 3 is 2.80 bits per heavy atom. The van der Waals surface area contributed by atoms with Crippen LogP contribution in [0.4, 0.5) is 0 Å².